The summed E-state index contributed by atoms with van der Waals surface area (Å²) in [7, 11) is 0. The number of para-hydroxylation sites is 1. The maximum absolute atomic E-state index is 12.3. The van der Waals surface area contributed by atoms with Crippen LogP contribution in [0.3, 0.4) is 0 Å². The summed E-state index contributed by atoms with van der Waals surface area (Å²) in [5.41, 5.74) is 2.57. The SMILES string of the molecule is Cc1ccc(NC(=O)c2occc2COc2ccccc2)cc1. The average Bonchev–Trinajstić information content (AvgIpc) is 3.05. The van der Waals surface area contributed by atoms with Crippen molar-refractivity contribution in [3.8, 4) is 5.75 Å². The van der Waals surface area contributed by atoms with Gasteiger partial charge in [-0.2, -0.15) is 0 Å². The fourth-order valence-electron chi connectivity index (χ4n) is 2.15. The zero-order valence-corrected chi connectivity index (χ0v) is 12.8. The summed E-state index contributed by atoms with van der Waals surface area (Å²) in [5.74, 6) is 0.727. The van der Waals surface area contributed by atoms with E-state index in [-0.39, 0.29) is 18.3 Å². The molecule has 0 saturated carbocycles. The number of anilines is 1. The Morgan fingerprint density at radius 3 is 2.52 bits per heavy atom. The monoisotopic (exact) mass is 307 g/mol. The summed E-state index contributed by atoms with van der Waals surface area (Å²) in [6, 6.07) is 18.8. The van der Waals surface area contributed by atoms with Crippen LogP contribution >= 0.6 is 0 Å². The first-order valence-corrected chi connectivity index (χ1v) is 7.34. The molecule has 1 heterocycles. The third-order valence-electron chi connectivity index (χ3n) is 3.40. The number of benzene rings is 2. The van der Waals surface area contributed by atoms with E-state index in [0.29, 0.717) is 5.56 Å². The Hall–Kier alpha value is -3.01. The molecule has 0 unspecified atom stereocenters. The lowest BCUT2D eigenvalue weighted by molar-refractivity contribution is 0.0993. The van der Waals surface area contributed by atoms with Crippen LogP contribution in [-0.2, 0) is 6.61 Å². The van der Waals surface area contributed by atoms with Crippen LogP contribution < -0.4 is 10.1 Å². The van der Waals surface area contributed by atoms with Gasteiger partial charge in [-0.05, 0) is 37.3 Å². The molecule has 0 aliphatic rings. The second-order valence-corrected chi connectivity index (χ2v) is 5.20. The van der Waals surface area contributed by atoms with Gasteiger partial charge in [-0.1, -0.05) is 35.9 Å². The zero-order chi connectivity index (χ0) is 16.1. The summed E-state index contributed by atoms with van der Waals surface area (Å²) >= 11 is 0. The van der Waals surface area contributed by atoms with Gasteiger partial charge in [0.15, 0.2) is 5.76 Å². The third kappa shape index (κ3) is 3.80. The molecule has 3 rings (SSSR count). The van der Waals surface area contributed by atoms with E-state index in [4.69, 9.17) is 9.15 Å². The summed E-state index contributed by atoms with van der Waals surface area (Å²) in [6.45, 7) is 2.27. The summed E-state index contributed by atoms with van der Waals surface area (Å²) in [6.07, 6.45) is 1.49. The molecule has 4 nitrogen and oxygen atoms in total. The molecule has 0 saturated heterocycles. The molecule has 1 aromatic heterocycles. The third-order valence-corrected chi connectivity index (χ3v) is 3.40. The highest BCUT2D eigenvalue weighted by atomic mass is 16.5. The smallest absolute Gasteiger partial charge is 0.291 e. The molecule has 1 amide bonds. The fraction of sp³-hybridized carbons (Fsp3) is 0.105. The van der Waals surface area contributed by atoms with Gasteiger partial charge in [0.1, 0.15) is 12.4 Å². The minimum Gasteiger partial charge on any atom is -0.489 e. The van der Waals surface area contributed by atoms with Crippen molar-refractivity contribution in [1.82, 2.24) is 0 Å². The molecule has 0 atom stereocenters. The van der Waals surface area contributed by atoms with E-state index in [1.165, 1.54) is 6.26 Å². The number of carbonyl (C=O) groups is 1. The standard InChI is InChI=1S/C19H17NO3/c1-14-7-9-16(10-8-14)20-19(21)18-15(11-12-22-18)13-23-17-5-3-2-4-6-17/h2-12H,13H2,1H3,(H,20,21). The second-order valence-electron chi connectivity index (χ2n) is 5.20. The van der Waals surface area contributed by atoms with Crippen molar-refractivity contribution in [2.75, 3.05) is 5.32 Å². The van der Waals surface area contributed by atoms with Crippen LogP contribution in [0.1, 0.15) is 21.7 Å². The molecule has 23 heavy (non-hydrogen) atoms. The van der Waals surface area contributed by atoms with Gasteiger partial charge in [-0.3, -0.25) is 4.79 Å². The van der Waals surface area contributed by atoms with Crippen LogP contribution in [0.15, 0.2) is 71.3 Å². The van der Waals surface area contributed by atoms with Crippen molar-refractivity contribution < 1.29 is 13.9 Å². The number of rotatable bonds is 5. The van der Waals surface area contributed by atoms with Crippen LogP contribution in [0.5, 0.6) is 5.75 Å². The van der Waals surface area contributed by atoms with E-state index in [1.54, 1.807) is 6.07 Å². The lowest BCUT2D eigenvalue weighted by Crippen LogP contribution is -2.13. The quantitative estimate of drug-likeness (QED) is 0.759. The van der Waals surface area contributed by atoms with Crippen molar-refractivity contribution in [2.24, 2.45) is 0 Å². The van der Waals surface area contributed by atoms with Gasteiger partial charge in [0, 0.05) is 11.3 Å². The highest BCUT2D eigenvalue weighted by Crippen LogP contribution is 2.17. The van der Waals surface area contributed by atoms with Crippen molar-refractivity contribution in [3.05, 3.63) is 83.8 Å². The van der Waals surface area contributed by atoms with Gasteiger partial charge in [0.05, 0.1) is 6.26 Å². The molecule has 0 aliphatic carbocycles. The van der Waals surface area contributed by atoms with Crippen molar-refractivity contribution in [2.45, 2.75) is 13.5 Å². The maximum Gasteiger partial charge on any atom is 0.291 e. The average molecular weight is 307 g/mol. The fourth-order valence-corrected chi connectivity index (χ4v) is 2.15. The van der Waals surface area contributed by atoms with E-state index in [0.717, 1.165) is 17.0 Å². The number of aryl methyl sites for hydroxylation is 1. The highest BCUT2D eigenvalue weighted by Gasteiger charge is 2.16. The Balaban J connectivity index is 1.67. The molecular formula is C19H17NO3. The lowest BCUT2D eigenvalue weighted by atomic mass is 10.2. The van der Waals surface area contributed by atoms with Crippen molar-refractivity contribution in [3.63, 3.8) is 0 Å². The Kier molecular flexibility index (Phi) is 4.43. The minimum absolute atomic E-state index is 0.265. The molecule has 3 aromatic rings. The number of amides is 1. The number of furan rings is 1. The maximum atomic E-state index is 12.3. The van der Waals surface area contributed by atoms with Crippen molar-refractivity contribution >= 4 is 11.6 Å². The Morgan fingerprint density at radius 2 is 1.78 bits per heavy atom. The van der Waals surface area contributed by atoms with Crippen LogP contribution in [0, 0.1) is 6.92 Å². The Bertz CT molecular complexity index is 776. The van der Waals surface area contributed by atoms with E-state index < -0.39 is 0 Å². The first-order chi connectivity index (χ1) is 11.2. The predicted molar refractivity (Wildman–Crippen MR) is 88.6 cm³/mol. The van der Waals surface area contributed by atoms with Gasteiger partial charge in [0.2, 0.25) is 0 Å². The van der Waals surface area contributed by atoms with Crippen LogP contribution in [-0.4, -0.2) is 5.91 Å². The molecule has 0 fully saturated rings. The molecule has 4 heteroatoms. The molecule has 116 valence electrons. The highest BCUT2D eigenvalue weighted by molar-refractivity contribution is 6.03. The van der Waals surface area contributed by atoms with Crippen LogP contribution in [0.2, 0.25) is 0 Å². The first kappa shape index (κ1) is 14.9. The number of ether oxygens (including phenoxy) is 1. The summed E-state index contributed by atoms with van der Waals surface area (Å²) in [5, 5.41) is 2.82. The summed E-state index contributed by atoms with van der Waals surface area (Å²) < 4.78 is 11.0. The number of nitrogens with one attached hydrogen (secondary N) is 1. The Labute approximate surface area is 134 Å². The van der Waals surface area contributed by atoms with Crippen LogP contribution in [0.4, 0.5) is 5.69 Å². The van der Waals surface area contributed by atoms with Gasteiger partial charge in [-0.15, -0.1) is 0 Å². The second kappa shape index (κ2) is 6.83. The molecule has 1 N–H and O–H groups in total. The number of carbonyl (C=O) groups excluding carboxylic acids is 1. The topological polar surface area (TPSA) is 51.5 Å². The van der Waals surface area contributed by atoms with E-state index in [1.807, 2.05) is 61.5 Å². The molecule has 0 aliphatic heterocycles. The molecule has 2 aromatic carbocycles. The lowest BCUT2D eigenvalue weighted by Gasteiger charge is -2.07. The molecule has 0 spiro atoms. The van der Waals surface area contributed by atoms with Gasteiger partial charge < -0.3 is 14.5 Å². The van der Waals surface area contributed by atoms with Crippen molar-refractivity contribution in [1.29, 1.82) is 0 Å². The van der Waals surface area contributed by atoms with E-state index in [2.05, 4.69) is 5.32 Å². The number of hydrogen-bond acceptors (Lipinski definition) is 3. The molecule has 0 bridgehead atoms. The molecule has 0 radical (unpaired) electrons. The van der Waals surface area contributed by atoms with Gasteiger partial charge >= 0.3 is 0 Å². The normalized spacial score (nSPS) is 10.3. The van der Waals surface area contributed by atoms with Gasteiger partial charge in [0.25, 0.3) is 5.91 Å². The Morgan fingerprint density at radius 1 is 1.04 bits per heavy atom. The van der Waals surface area contributed by atoms with E-state index in [9.17, 15) is 4.79 Å². The van der Waals surface area contributed by atoms with Crippen LogP contribution in [0.25, 0.3) is 0 Å². The predicted octanol–water partition coefficient (Wildman–Crippen LogP) is 4.42. The minimum atomic E-state index is -0.287. The van der Waals surface area contributed by atoms with E-state index >= 15 is 0 Å². The molecular weight excluding hydrogens is 290 g/mol. The summed E-state index contributed by atoms with van der Waals surface area (Å²) in [4.78, 5) is 12.3. The number of hydrogen-bond donors (Lipinski definition) is 1. The van der Waals surface area contributed by atoms with Gasteiger partial charge in [-0.25, -0.2) is 0 Å². The largest absolute Gasteiger partial charge is 0.489 e. The first-order valence-electron chi connectivity index (χ1n) is 7.34. The zero-order valence-electron chi connectivity index (χ0n) is 12.8.